The van der Waals surface area contributed by atoms with Crippen LogP contribution in [0.15, 0.2) is 29.2 Å². The average molecular weight is 279 g/mol. The lowest BCUT2D eigenvalue weighted by atomic mass is 10.2. The minimum Gasteiger partial charge on any atom is -0.305 e. The highest BCUT2D eigenvalue weighted by Gasteiger charge is 2.25. The Morgan fingerprint density at radius 2 is 2.11 bits per heavy atom. The van der Waals surface area contributed by atoms with Gasteiger partial charge < -0.3 is 4.90 Å². The molecule has 1 fully saturated rings. The van der Waals surface area contributed by atoms with Crippen molar-refractivity contribution < 1.29 is 8.42 Å². The Kier molecular flexibility index (Phi) is 4.20. The minimum absolute atomic E-state index is 0.0196. The van der Waals surface area contributed by atoms with Crippen LogP contribution in [0.1, 0.15) is 12.0 Å². The largest absolute Gasteiger partial charge is 0.305 e. The maximum atomic E-state index is 12.2. The average Bonchev–Trinajstić information content (AvgIpc) is 2.75. The fraction of sp³-hybridized carbons (Fsp3) is 0.462. The molecule has 1 aliphatic rings. The van der Waals surface area contributed by atoms with Crippen LogP contribution >= 0.6 is 0 Å². The molecule has 1 aliphatic heterocycles. The van der Waals surface area contributed by atoms with E-state index in [0.29, 0.717) is 6.42 Å². The van der Waals surface area contributed by atoms with Crippen molar-refractivity contribution in [1.29, 1.82) is 5.26 Å². The maximum absolute atomic E-state index is 12.2. The van der Waals surface area contributed by atoms with Crippen LogP contribution in [0.4, 0.5) is 0 Å². The predicted molar refractivity (Wildman–Crippen MR) is 72.0 cm³/mol. The molecule has 1 aromatic rings. The van der Waals surface area contributed by atoms with E-state index in [4.69, 9.17) is 5.26 Å². The van der Waals surface area contributed by atoms with Crippen LogP contribution in [-0.4, -0.2) is 39.5 Å². The minimum atomic E-state index is -3.46. The van der Waals surface area contributed by atoms with E-state index < -0.39 is 10.0 Å². The van der Waals surface area contributed by atoms with E-state index in [1.54, 1.807) is 24.3 Å². The molecule has 0 aliphatic carbocycles. The fourth-order valence-electron chi connectivity index (χ4n) is 2.20. The lowest BCUT2D eigenvalue weighted by molar-refractivity contribution is 0.407. The normalized spacial score (nSPS) is 20.3. The van der Waals surface area contributed by atoms with Crippen molar-refractivity contribution >= 4 is 10.0 Å². The summed E-state index contributed by atoms with van der Waals surface area (Å²) in [6.45, 7) is 1.65. The molecule has 2 rings (SSSR count). The highest BCUT2D eigenvalue weighted by Crippen LogP contribution is 2.14. The number of hydrogen-bond acceptors (Lipinski definition) is 4. The highest BCUT2D eigenvalue weighted by molar-refractivity contribution is 7.89. The molecular formula is C13H17N3O2S. The van der Waals surface area contributed by atoms with Crippen LogP contribution in [0.3, 0.4) is 0 Å². The summed E-state index contributed by atoms with van der Waals surface area (Å²) in [6, 6.07) is 8.47. The van der Waals surface area contributed by atoms with Crippen LogP contribution < -0.4 is 4.72 Å². The number of nitriles is 1. The number of hydrogen-bond donors (Lipinski definition) is 1. The van der Waals surface area contributed by atoms with E-state index in [1.165, 1.54) is 0 Å². The van der Waals surface area contributed by atoms with Gasteiger partial charge in [-0.1, -0.05) is 12.1 Å². The molecule has 0 bridgehead atoms. The second-order valence-electron chi connectivity index (χ2n) is 4.85. The van der Waals surface area contributed by atoms with Crippen LogP contribution in [0.5, 0.6) is 0 Å². The third-order valence-electron chi connectivity index (χ3n) is 3.23. The summed E-state index contributed by atoms with van der Waals surface area (Å²) in [4.78, 5) is 2.35. The maximum Gasteiger partial charge on any atom is 0.240 e. The van der Waals surface area contributed by atoms with Gasteiger partial charge in [-0.05, 0) is 37.7 Å². The van der Waals surface area contributed by atoms with Crippen molar-refractivity contribution in [3.8, 4) is 6.07 Å². The van der Waals surface area contributed by atoms with Crippen molar-refractivity contribution in [3.63, 3.8) is 0 Å². The summed E-state index contributed by atoms with van der Waals surface area (Å²) in [6.07, 6.45) is 1.13. The lowest BCUT2D eigenvalue weighted by Crippen LogP contribution is -2.36. The van der Waals surface area contributed by atoms with Crippen molar-refractivity contribution in [2.75, 3.05) is 20.1 Å². The number of likely N-dealkylation sites (N-methyl/N-ethyl adjacent to an activating group) is 1. The van der Waals surface area contributed by atoms with E-state index in [2.05, 4.69) is 9.62 Å². The predicted octanol–water partition coefficient (Wildman–Crippen LogP) is 0.735. The Labute approximate surface area is 113 Å². The van der Waals surface area contributed by atoms with Gasteiger partial charge in [0, 0.05) is 12.6 Å². The first kappa shape index (κ1) is 14.0. The van der Waals surface area contributed by atoms with E-state index in [0.717, 1.165) is 25.1 Å². The van der Waals surface area contributed by atoms with Crippen molar-refractivity contribution in [2.45, 2.75) is 23.8 Å². The smallest absolute Gasteiger partial charge is 0.240 e. The summed E-state index contributed by atoms with van der Waals surface area (Å²) >= 11 is 0. The van der Waals surface area contributed by atoms with Crippen molar-refractivity contribution in [3.05, 3.63) is 29.8 Å². The molecular weight excluding hydrogens is 262 g/mol. The molecule has 0 radical (unpaired) electrons. The third-order valence-corrected chi connectivity index (χ3v) is 4.77. The molecule has 6 heteroatoms. The zero-order chi connectivity index (χ0) is 13.9. The zero-order valence-electron chi connectivity index (χ0n) is 10.8. The number of rotatable bonds is 4. The van der Waals surface area contributed by atoms with Gasteiger partial charge in [-0.3, -0.25) is 0 Å². The molecule has 5 nitrogen and oxygen atoms in total. The molecule has 1 saturated heterocycles. The standard InChI is InChI=1S/C13H17N3O2S/c1-16-9-7-12(10-16)15-19(17,18)13-4-2-11(3-5-13)6-8-14/h2-5,12,15H,6-7,9-10H2,1H3. The summed E-state index contributed by atoms with van der Waals surface area (Å²) < 4.78 is 27.1. The second-order valence-corrected chi connectivity index (χ2v) is 6.56. The molecule has 1 aromatic carbocycles. The molecule has 0 amide bonds. The van der Waals surface area contributed by atoms with Crippen LogP contribution in [-0.2, 0) is 16.4 Å². The Morgan fingerprint density at radius 1 is 1.42 bits per heavy atom. The molecule has 1 heterocycles. The second kappa shape index (κ2) is 5.70. The first-order valence-electron chi connectivity index (χ1n) is 6.18. The van der Waals surface area contributed by atoms with Crippen LogP contribution in [0, 0.1) is 11.3 Å². The topological polar surface area (TPSA) is 73.2 Å². The fourth-order valence-corrected chi connectivity index (χ4v) is 3.46. The molecule has 1 unspecified atom stereocenters. The number of nitrogens with one attached hydrogen (secondary N) is 1. The van der Waals surface area contributed by atoms with E-state index in [1.807, 2.05) is 13.1 Å². The van der Waals surface area contributed by atoms with Gasteiger partial charge in [0.05, 0.1) is 17.4 Å². The van der Waals surface area contributed by atoms with Crippen LogP contribution in [0.2, 0.25) is 0 Å². The third kappa shape index (κ3) is 3.53. The van der Waals surface area contributed by atoms with Gasteiger partial charge in [-0.2, -0.15) is 5.26 Å². The van der Waals surface area contributed by atoms with Gasteiger partial charge in [0.1, 0.15) is 0 Å². The molecule has 102 valence electrons. The summed E-state index contributed by atoms with van der Waals surface area (Å²) in [5.74, 6) is 0. The van der Waals surface area contributed by atoms with Gasteiger partial charge >= 0.3 is 0 Å². The Bertz CT molecular complexity index is 575. The van der Waals surface area contributed by atoms with Crippen molar-refractivity contribution in [1.82, 2.24) is 9.62 Å². The summed E-state index contributed by atoms with van der Waals surface area (Å²) in [5, 5.41) is 8.58. The zero-order valence-corrected chi connectivity index (χ0v) is 11.7. The van der Waals surface area contributed by atoms with E-state index >= 15 is 0 Å². The molecule has 19 heavy (non-hydrogen) atoms. The Balaban J connectivity index is 2.09. The summed E-state index contributed by atoms with van der Waals surface area (Å²) in [7, 11) is -1.48. The summed E-state index contributed by atoms with van der Waals surface area (Å²) in [5.41, 5.74) is 0.821. The molecule has 0 aromatic heterocycles. The van der Waals surface area contributed by atoms with Gasteiger partial charge in [0.25, 0.3) is 0 Å². The first-order valence-corrected chi connectivity index (χ1v) is 7.66. The molecule has 1 N–H and O–H groups in total. The monoisotopic (exact) mass is 279 g/mol. The Morgan fingerprint density at radius 3 is 2.63 bits per heavy atom. The van der Waals surface area contributed by atoms with Gasteiger partial charge in [0.15, 0.2) is 0 Å². The van der Waals surface area contributed by atoms with Gasteiger partial charge in [0.2, 0.25) is 10.0 Å². The number of benzene rings is 1. The highest BCUT2D eigenvalue weighted by atomic mass is 32.2. The van der Waals surface area contributed by atoms with Crippen molar-refractivity contribution in [2.24, 2.45) is 0 Å². The number of nitrogens with zero attached hydrogens (tertiary/aromatic N) is 2. The number of likely N-dealkylation sites (tertiary alicyclic amines) is 1. The SMILES string of the molecule is CN1CCC(NS(=O)(=O)c2ccc(CC#N)cc2)C1. The quantitative estimate of drug-likeness (QED) is 0.882. The first-order chi connectivity index (χ1) is 9.01. The van der Waals surface area contributed by atoms with Crippen LogP contribution in [0.25, 0.3) is 0 Å². The van der Waals surface area contributed by atoms with Gasteiger partial charge in [-0.25, -0.2) is 13.1 Å². The lowest BCUT2D eigenvalue weighted by Gasteiger charge is -2.13. The molecule has 0 saturated carbocycles. The molecule has 1 atom stereocenters. The Hall–Kier alpha value is -1.42. The van der Waals surface area contributed by atoms with Gasteiger partial charge in [-0.15, -0.1) is 0 Å². The van der Waals surface area contributed by atoms with E-state index in [-0.39, 0.29) is 10.9 Å². The number of sulfonamides is 1. The molecule has 0 spiro atoms. The van der Waals surface area contributed by atoms with E-state index in [9.17, 15) is 8.42 Å².